The zero-order valence-corrected chi connectivity index (χ0v) is 17.7. The smallest absolute Gasteiger partial charge is 0.428 e. The third kappa shape index (κ3) is 3.95. The number of amides is 1. The van der Waals surface area contributed by atoms with Crippen molar-refractivity contribution in [1.82, 2.24) is 10.3 Å². The summed E-state index contributed by atoms with van der Waals surface area (Å²) in [6, 6.07) is 17.4. The molecule has 7 heteroatoms. The number of benzene rings is 2. The fraction of sp³-hybridized carbons (Fsp3) is 0.280. The van der Waals surface area contributed by atoms with E-state index >= 15 is 0 Å². The molecule has 0 spiro atoms. The summed E-state index contributed by atoms with van der Waals surface area (Å²) < 4.78 is 49.7. The average Bonchev–Trinajstić information content (AvgIpc) is 2.76. The first kappa shape index (κ1) is 21.9. The molecule has 2 unspecified atom stereocenters. The Kier molecular flexibility index (Phi) is 5.67. The summed E-state index contributed by atoms with van der Waals surface area (Å²) in [5, 5.41) is 2.67. The minimum Gasteiger partial charge on any atom is -0.460 e. The van der Waals surface area contributed by atoms with E-state index in [1.807, 2.05) is 31.2 Å². The monoisotopic (exact) mass is 440 g/mol. The summed E-state index contributed by atoms with van der Waals surface area (Å²) in [7, 11) is 0. The number of ether oxygens (including phenoxy) is 1. The molecule has 1 amide bonds. The van der Waals surface area contributed by atoms with Gasteiger partial charge in [0.2, 0.25) is 11.5 Å². The molecule has 166 valence electrons. The molecule has 3 aromatic rings. The predicted octanol–water partition coefficient (Wildman–Crippen LogP) is 5.36. The number of pyridine rings is 1. The first-order valence-electron chi connectivity index (χ1n) is 10.4. The fourth-order valence-corrected chi connectivity index (χ4v) is 4.03. The van der Waals surface area contributed by atoms with Crippen LogP contribution in [-0.4, -0.2) is 29.2 Å². The van der Waals surface area contributed by atoms with Crippen LogP contribution in [0.5, 0.6) is 5.88 Å². The highest BCUT2D eigenvalue weighted by atomic mass is 19.4. The van der Waals surface area contributed by atoms with E-state index in [1.165, 1.54) is 13.1 Å². The van der Waals surface area contributed by atoms with Gasteiger partial charge in [-0.2, -0.15) is 13.2 Å². The van der Waals surface area contributed by atoms with Crippen LogP contribution in [0.15, 0.2) is 66.9 Å². The Labute approximate surface area is 184 Å². The zero-order valence-electron chi connectivity index (χ0n) is 17.7. The quantitative estimate of drug-likeness (QED) is 0.597. The van der Waals surface area contributed by atoms with Crippen LogP contribution in [0.2, 0.25) is 0 Å². The molecule has 1 aliphatic rings. The number of aryl methyl sites for hydroxylation is 1. The topological polar surface area (TPSA) is 51.2 Å². The number of hydrogen-bond donors (Lipinski definition) is 1. The molecule has 2 atom stereocenters. The van der Waals surface area contributed by atoms with Crippen molar-refractivity contribution in [2.24, 2.45) is 5.92 Å². The van der Waals surface area contributed by atoms with Gasteiger partial charge in [-0.1, -0.05) is 67.1 Å². The number of aromatic nitrogens is 1. The summed E-state index contributed by atoms with van der Waals surface area (Å²) in [4.78, 5) is 17.0. The van der Waals surface area contributed by atoms with Gasteiger partial charge in [0, 0.05) is 30.6 Å². The maximum Gasteiger partial charge on any atom is 0.428 e. The van der Waals surface area contributed by atoms with Crippen molar-refractivity contribution in [2.45, 2.75) is 32.0 Å². The summed E-state index contributed by atoms with van der Waals surface area (Å²) >= 11 is 0. The molecular weight excluding hydrogens is 417 g/mol. The molecular formula is C25H23F3N2O2. The lowest BCUT2D eigenvalue weighted by atomic mass is 9.81. The van der Waals surface area contributed by atoms with Crippen LogP contribution in [0.1, 0.15) is 28.4 Å². The maximum atomic E-state index is 14.6. The number of carbonyl (C=O) groups excluding carboxylic acids is 1. The largest absolute Gasteiger partial charge is 0.460 e. The molecule has 1 aromatic heterocycles. The number of alkyl halides is 3. The van der Waals surface area contributed by atoms with Crippen LogP contribution in [0, 0.1) is 12.8 Å². The highest BCUT2D eigenvalue weighted by Gasteiger charge is 2.61. The second-order valence-electron chi connectivity index (χ2n) is 8.17. The van der Waals surface area contributed by atoms with Crippen LogP contribution in [-0.2, 0) is 6.42 Å². The summed E-state index contributed by atoms with van der Waals surface area (Å²) in [5.74, 6) is -1.88. The van der Waals surface area contributed by atoms with E-state index in [4.69, 9.17) is 4.74 Å². The first-order valence-corrected chi connectivity index (χ1v) is 10.4. The first-order chi connectivity index (χ1) is 15.2. The average molecular weight is 440 g/mol. The van der Waals surface area contributed by atoms with Crippen LogP contribution in [0.4, 0.5) is 13.2 Å². The summed E-state index contributed by atoms with van der Waals surface area (Å²) in [6.07, 6.45) is -3.73. The van der Waals surface area contributed by atoms with E-state index in [-0.39, 0.29) is 18.0 Å². The van der Waals surface area contributed by atoms with Gasteiger partial charge in [0.05, 0.1) is 0 Å². The Balaban J connectivity index is 1.88. The molecule has 2 aromatic carbocycles. The lowest BCUT2D eigenvalue weighted by Gasteiger charge is -2.42. The van der Waals surface area contributed by atoms with Gasteiger partial charge in [-0.15, -0.1) is 0 Å². The van der Waals surface area contributed by atoms with Crippen LogP contribution in [0.3, 0.4) is 0 Å². The molecule has 0 aliphatic carbocycles. The number of nitrogens with zero attached hydrogens (tertiary/aromatic N) is 1. The molecule has 0 fully saturated rings. The Morgan fingerprint density at radius 2 is 1.78 bits per heavy atom. The van der Waals surface area contributed by atoms with Gasteiger partial charge < -0.3 is 10.1 Å². The second-order valence-corrected chi connectivity index (χ2v) is 8.17. The molecule has 1 N–H and O–H groups in total. The highest BCUT2D eigenvalue weighted by molar-refractivity contribution is 6.03. The van der Waals surface area contributed by atoms with Gasteiger partial charge >= 0.3 is 6.18 Å². The Morgan fingerprint density at radius 3 is 2.44 bits per heavy atom. The normalized spacial score (nSPS) is 21.0. The molecule has 2 heterocycles. The van der Waals surface area contributed by atoms with Gasteiger partial charge in [0.25, 0.3) is 5.91 Å². The summed E-state index contributed by atoms with van der Waals surface area (Å²) in [6.45, 7) is 3.18. The van der Waals surface area contributed by atoms with Crippen molar-refractivity contribution in [2.75, 3.05) is 6.54 Å². The van der Waals surface area contributed by atoms with E-state index in [9.17, 15) is 18.0 Å². The van der Waals surface area contributed by atoms with Gasteiger partial charge in [-0.05, 0) is 24.1 Å². The van der Waals surface area contributed by atoms with Crippen molar-refractivity contribution in [1.29, 1.82) is 0 Å². The van der Waals surface area contributed by atoms with Crippen molar-refractivity contribution >= 4 is 5.91 Å². The minimum atomic E-state index is -4.71. The molecule has 1 aliphatic heterocycles. The Bertz CT molecular complexity index is 1110. The Hall–Kier alpha value is -3.35. The number of fused-ring (bicyclic) bond motifs is 1. The predicted molar refractivity (Wildman–Crippen MR) is 115 cm³/mol. The highest BCUT2D eigenvalue weighted by Crippen LogP contribution is 2.44. The maximum absolute atomic E-state index is 14.6. The fourth-order valence-electron chi connectivity index (χ4n) is 4.03. The molecule has 0 saturated carbocycles. The lowest BCUT2D eigenvalue weighted by molar-refractivity contribution is -0.266. The van der Waals surface area contributed by atoms with E-state index < -0.39 is 30.0 Å². The van der Waals surface area contributed by atoms with Crippen molar-refractivity contribution < 1.29 is 22.7 Å². The van der Waals surface area contributed by atoms with E-state index in [2.05, 4.69) is 10.3 Å². The third-order valence-corrected chi connectivity index (χ3v) is 5.94. The number of hydrogen-bond acceptors (Lipinski definition) is 3. The van der Waals surface area contributed by atoms with Crippen LogP contribution >= 0.6 is 0 Å². The van der Waals surface area contributed by atoms with Gasteiger partial charge in [0.1, 0.15) is 5.56 Å². The molecule has 4 rings (SSSR count). The van der Waals surface area contributed by atoms with Crippen molar-refractivity contribution in [3.8, 4) is 17.0 Å². The van der Waals surface area contributed by atoms with E-state index in [0.29, 0.717) is 16.7 Å². The number of halogens is 3. The minimum absolute atomic E-state index is 0.00457. The SMILES string of the molecule is Cc1ccc(-c2ccnc3c2C(=O)NCC(C)C(Cc2ccccc2)(C(F)(F)F)O3)cc1. The van der Waals surface area contributed by atoms with Gasteiger partial charge in [-0.25, -0.2) is 4.98 Å². The van der Waals surface area contributed by atoms with Gasteiger partial charge in [0.15, 0.2) is 0 Å². The lowest BCUT2D eigenvalue weighted by Crippen LogP contribution is -2.60. The van der Waals surface area contributed by atoms with Gasteiger partial charge in [-0.3, -0.25) is 4.79 Å². The van der Waals surface area contributed by atoms with Crippen molar-refractivity contribution in [3.05, 3.63) is 83.6 Å². The summed E-state index contributed by atoms with van der Waals surface area (Å²) in [5.41, 5.74) is 0.124. The molecule has 0 bridgehead atoms. The van der Waals surface area contributed by atoms with Crippen LogP contribution < -0.4 is 10.1 Å². The molecule has 0 radical (unpaired) electrons. The zero-order chi connectivity index (χ0) is 22.9. The number of carbonyl (C=O) groups is 1. The number of nitrogens with one attached hydrogen (secondary N) is 1. The molecule has 32 heavy (non-hydrogen) atoms. The standard InChI is InChI=1S/C25H23F3N2O2/c1-16-8-10-19(11-9-16)20-12-13-29-23-21(20)22(31)30-15-17(2)24(32-23,25(26,27)28)14-18-6-4-3-5-7-18/h3-13,17H,14-15H2,1-2H3,(H,30,31). The van der Waals surface area contributed by atoms with Crippen LogP contribution in [0.25, 0.3) is 11.1 Å². The number of rotatable bonds is 3. The van der Waals surface area contributed by atoms with E-state index in [0.717, 1.165) is 5.56 Å². The third-order valence-electron chi connectivity index (χ3n) is 5.94. The Morgan fingerprint density at radius 1 is 1.09 bits per heavy atom. The van der Waals surface area contributed by atoms with E-state index in [1.54, 1.807) is 36.4 Å². The molecule has 0 saturated heterocycles. The second kappa shape index (κ2) is 8.30. The van der Waals surface area contributed by atoms with Crippen molar-refractivity contribution in [3.63, 3.8) is 0 Å². The molecule has 4 nitrogen and oxygen atoms in total.